The lowest BCUT2D eigenvalue weighted by Crippen LogP contribution is -2.50. The molecule has 1 aromatic heterocycles. The number of carbonyl (C=O) groups excluding carboxylic acids is 1. The van der Waals surface area contributed by atoms with E-state index in [0.717, 1.165) is 0 Å². The van der Waals surface area contributed by atoms with Crippen molar-refractivity contribution in [3.05, 3.63) is 29.0 Å². The number of rotatable bonds is 3. The first-order valence-corrected chi connectivity index (χ1v) is 6.57. The topological polar surface area (TPSA) is 95.0 Å². The zero-order chi connectivity index (χ0) is 14.5. The van der Waals surface area contributed by atoms with E-state index in [2.05, 4.69) is 10.1 Å². The smallest absolute Gasteiger partial charge is 0.255 e. The van der Waals surface area contributed by atoms with Crippen LogP contribution in [0, 0.1) is 0 Å². The second-order valence-corrected chi connectivity index (χ2v) is 4.92. The number of nitrogens with zero attached hydrogens (tertiary/aromatic N) is 4. The van der Waals surface area contributed by atoms with E-state index in [4.69, 9.17) is 22.5 Å². The number of pyridine rings is 1. The normalized spacial score (nSPS) is 17.2. The number of hydrogen-bond acceptors (Lipinski definition) is 5. The summed E-state index contributed by atoms with van der Waals surface area (Å²) >= 11 is 5.97. The van der Waals surface area contributed by atoms with Crippen molar-refractivity contribution < 1.29 is 10.0 Å². The zero-order valence-corrected chi connectivity index (χ0v) is 11.6. The highest BCUT2D eigenvalue weighted by molar-refractivity contribution is 6.33. The van der Waals surface area contributed by atoms with Crippen LogP contribution in [0.15, 0.2) is 23.6 Å². The Morgan fingerprint density at radius 3 is 2.75 bits per heavy atom. The lowest BCUT2D eigenvalue weighted by atomic mass is 10.2. The van der Waals surface area contributed by atoms with Crippen molar-refractivity contribution in [2.75, 3.05) is 32.7 Å². The first kappa shape index (κ1) is 14.5. The van der Waals surface area contributed by atoms with Gasteiger partial charge in [0.1, 0.15) is 0 Å². The number of carbonyl (C=O) groups is 1. The maximum atomic E-state index is 12.3. The summed E-state index contributed by atoms with van der Waals surface area (Å²) < 4.78 is 0. The molecule has 1 amide bonds. The number of oxime groups is 1. The zero-order valence-electron chi connectivity index (χ0n) is 10.9. The number of piperazine rings is 1. The lowest BCUT2D eigenvalue weighted by molar-refractivity contribution is 0.0653. The van der Waals surface area contributed by atoms with Crippen LogP contribution in [0.3, 0.4) is 0 Å². The first-order chi connectivity index (χ1) is 9.61. The molecule has 0 aromatic carbocycles. The maximum Gasteiger partial charge on any atom is 0.255 e. The molecule has 0 radical (unpaired) electrons. The van der Waals surface area contributed by atoms with Crippen LogP contribution < -0.4 is 5.73 Å². The molecule has 1 aliphatic heterocycles. The lowest BCUT2D eigenvalue weighted by Gasteiger charge is -2.34. The molecule has 0 bridgehead atoms. The van der Waals surface area contributed by atoms with Gasteiger partial charge in [-0.3, -0.25) is 14.7 Å². The quantitative estimate of drug-likeness (QED) is 0.361. The van der Waals surface area contributed by atoms with Gasteiger partial charge in [0, 0.05) is 38.6 Å². The van der Waals surface area contributed by atoms with E-state index in [1.165, 1.54) is 6.20 Å². The summed E-state index contributed by atoms with van der Waals surface area (Å²) in [6, 6.07) is 1.62. The number of amides is 1. The molecule has 1 fully saturated rings. The van der Waals surface area contributed by atoms with Crippen molar-refractivity contribution in [3.8, 4) is 0 Å². The molecule has 0 atom stereocenters. The molecule has 3 N–H and O–H groups in total. The van der Waals surface area contributed by atoms with Crippen LogP contribution in [-0.4, -0.2) is 64.5 Å². The monoisotopic (exact) mass is 297 g/mol. The molecule has 0 spiro atoms. The van der Waals surface area contributed by atoms with Gasteiger partial charge in [-0.25, -0.2) is 0 Å². The van der Waals surface area contributed by atoms with Crippen LogP contribution in [0.25, 0.3) is 0 Å². The predicted molar refractivity (Wildman–Crippen MR) is 75.0 cm³/mol. The number of halogens is 1. The molecular formula is C12H16ClN5O2. The second-order valence-electron chi connectivity index (χ2n) is 4.52. The van der Waals surface area contributed by atoms with Gasteiger partial charge in [-0.15, -0.1) is 0 Å². The largest absolute Gasteiger partial charge is 0.409 e. The molecule has 2 rings (SSSR count). The Morgan fingerprint density at radius 1 is 1.45 bits per heavy atom. The van der Waals surface area contributed by atoms with E-state index in [9.17, 15) is 4.79 Å². The summed E-state index contributed by atoms with van der Waals surface area (Å²) in [6.45, 7) is 2.90. The van der Waals surface area contributed by atoms with E-state index in [1.54, 1.807) is 17.2 Å². The molecular weight excluding hydrogens is 282 g/mol. The molecule has 1 aliphatic rings. The van der Waals surface area contributed by atoms with Crippen LogP contribution in [-0.2, 0) is 0 Å². The summed E-state index contributed by atoms with van der Waals surface area (Å²) in [7, 11) is 0. The van der Waals surface area contributed by atoms with E-state index in [-0.39, 0.29) is 11.7 Å². The Labute approximate surface area is 121 Å². The van der Waals surface area contributed by atoms with Gasteiger partial charge in [-0.2, -0.15) is 0 Å². The average molecular weight is 298 g/mol. The molecule has 7 nitrogen and oxygen atoms in total. The molecule has 0 aliphatic carbocycles. The average Bonchev–Trinajstić information content (AvgIpc) is 2.47. The van der Waals surface area contributed by atoms with E-state index in [0.29, 0.717) is 43.3 Å². The van der Waals surface area contributed by atoms with Gasteiger partial charge in [-0.05, 0) is 6.07 Å². The van der Waals surface area contributed by atoms with Crippen LogP contribution in [0.4, 0.5) is 0 Å². The summed E-state index contributed by atoms with van der Waals surface area (Å²) in [6.07, 6.45) is 3.01. The van der Waals surface area contributed by atoms with E-state index >= 15 is 0 Å². The number of amidine groups is 1. The van der Waals surface area contributed by atoms with Crippen LogP contribution in [0.5, 0.6) is 0 Å². The van der Waals surface area contributed by atoms with Crippen molar-refractivity contribution in [2.45, 2.75) is 0 Å². The molecule has 2 heterocycles. The standard InChI is InChI=1S/C12H16ClN5O2/c13-10-7-15-2-1-9(10)12(19)18-5-3-17(4-6-18)8-11(14)16-20/h1-2,7,20H,3-6,8H2,(H2,14,16). The maximum absolute atomic E-state index is 12.3. The number of hydrogen-bond donors (Lipinski definition) is 2. The van der Waals surface area contributed by atoms with E-state index < -0.39 is 0 Å². The molecule has 1 aromatic rings. The third-order valence-corrected chi connectivity index (χ3v) is 3.48. The minimum atomic E-state index is -0.0964. The fourth-order valence-corrected chi connectivity index (χ4v) is 2.29. The number of aromatic nitrogens is 1. The Morgan fingerprint density at radius 2 is 2.15 bits per heavy atom. The third kappa shape index (κ3) is 3.37. The minimum Gasteiger partial charge on any atom is -0.409 e. The highest BCUT2D eigenvalue weighted by Crippen LogP contribution is 2.16. The minimum absolute atomic E-state index is 0.0964. The Kier molecular flexibility index (Phi) is 4.75. The Hall–Kier alpha value is -1.86. The summed E-state index contributed by atoms with van der Waals surface area (Å²) in [5.74, 6) is 0.0720. The third-order valence-electron chi connectivity index (χ3n) is 3.18. The molecule has 1 saturated heterocycles. The van der Waals surface area contributed by atoms with Gasteiger partial charge in [0.2, 0.25) is 0 Å². The number of nitrogens with two attached hydrogens (primary N) is 1. The fourth-order valence-electron chi connectivity index (χ4n) is 2.09. The molecule has 0 unspecified atom stereocenters. The first-order valence-electron chi connectivity index (χ1n) is 6.19. The van der Waals surface area contributed by atoms with Gasteiger partial charge in [0.15, 0.2) is 5.84 Å². The Balaban J connectivity index is 1.94. The van der Waals surface area contributed by atoms with Crippen LogP contribution in [0.1, 0.15) is 10.4 Å². The summed E-state index contributed by atoms with van der Waals surface area (Å²) in [5, 5.41) is 11.8. The van der Waals surface area contributed by atoms with Crippen molar-refractivity contribution in [1.29, 1.82) is 0 Å². The van der Waals surface area contributed by atoms with Gasteiger partial charge in [-0.1, -0.05) is 16.8 Å². The van der Waals surface area contributed by atoms with Crippen molar-refractivity contribution in [1.82, 2.24) is 14.8 Å². The van der Waals surface area contributed by atoms with Crippen molar-refractivity contribution >= 4 is 23.3 Å². The Bertz CT molecular complexity index is 514. The van der Waals surface area contributed by atoms with Gasteiger partial charge in [0.25, 0.3) is 5.91 Å². The molecule has 20 heavy (non-hydrogen) atoms. The summed E-state index contributed by atoms with van der Waals surface area (Å²) in [5.41, 5.74) is 5.93. The van der Waals surface area contributed by atoms with Gasteiger partial charge < -0.3 is 15.8 Å². The predicted octanol–water partition coefficient (Wildman–Crippen LogP) is 0.239. The second kappa shape index (κ2) is 6.53. The van der Waals surface area contributed by atoms with Gasteiger partial charge >= 0.3 is 0 Å². The van der Waals surface area contributed by atoms with Crippen LogP contribution >= 0.6 is 11.6 Å². The van der Waals surface area contributed by atoms with Crippen LogP contribution in [0.2, 0.25) is 5.02 Å². The summed E-state index contributed by atoms with van der Waals surface area (Å²) in [4.78, 5) is 19.9. The molecule has 0 saturated carbocycles. The fraction of sp³-hybridized carbons (Fsp3) is 0.417. The van der Waals surface area contributed by atoms with Gasteiger partial charge in [0.05, 0.1) is 17.1 Å². The highest BCUT2D eigenvalue weighted by atomic mass is 35.5. The van der Waals surface area contributed by atoms with Crippen molar-refractivity contribution in [2.24, 2.45) is 10.9 Å². The van der Waals surface area contributed by atoms with E-state index in [1.807, 2.05) is 4.90 Å². The highest BCUT2D eigenvalue weighted by Gasteiger charge is 2.23. The SMILES string of the molecule is NC(CN1CCN(C(=O)c2ccncc2Cl)CC1)=NO. The molecule has 8 heteroatoms. The van der Waals surface area contributed by atoms with Crippen molar-refractivity contribution in [3.63, 3.8) is 0 Å². The molecule has 108 valence electrons.